The lowest BCUT2D eigenvalue weighted by molar-refractivity contribution is 0.466. The normalized spacial score (nSPS) is 11.1. The molecule has 1 heteroatoms. The first-order chi connectivity index (χ1) is 9.40. The molecule has 0 unspecified atom stereocenters. The van der Waals surface area contributed by atoms with E-state index >= 15 is 0 Å². The molecule has 0 aliphatic carbocycles. The van der Waals surface area contributed by atoms with Crippen molar-refractivity contribution in [3.63, 3.8) is 0 Å². The third kappa shape index (κ3) is 2.87. The maximum absolute atomic E-state index is 10.3. The molecule has 0 fully saturated rings. The predicted molar refractivity (Wildman–Crippen MR) is 87.6 cm³/mol. The van der Waals surface area contributed by atoms with Crippen molar-refractivity contribution in [3.05, 3.63) is 52.6 Å². The van der Waals surface area contributed by atoms with Crippen LogP contribution in [0.5, 0.6) is 5.75 Å². The molecular weight excluding hydrogens is 244 g/mol. The van der Waals surface area contributed by atoms with Gasteiger partial charge in [0.05, 0.1) is 0 Å². The first-order valence-electron chi connectivity index (χ1n) is 7.28. The van der Waals surface area contributed by atoms with Gasteiger partial charge in [0.25, 0.3) is 0 Å². The average molecular weight is 268 g/mol. The van der Waals surface area contributed by atoms with Crippen LogP contribution < -0.4 is 0 Å². The summed E-state index contributed by atoms with van der Waals surface area (Å²) in [5.41, 5.74) is 4.94. The van der Waals surface area contributed by atoms with Crippen LogP contribution in [0.25, 0.3) is 10.8 Å². The molecule has 0 saturated carbocycles. The quantitative estimate of drug-likeness (QED) is 0.730. The minimum absolute atomic E-state index is 0.335. The number of benzene rings is 2. The molecule has 2 aromatic carbocycles. The van der Waals surface area contributed by atoms with Gasteiger partial charge in [-0.05, 0) is 72.7 Å². The van der Waals surface area contributed by atoms with Crippen LogP contribution in [-0.4, -0.2) is 5.11 Å². The second-order valence-electron chi connectivity index (χ2n) is 6.13. The second-order valence-corrected chi connectivity index (χ2v) is 6.13. The van der Waals surface area contributed by atoms with Crippen LogP contribution in [0.4, 0.5) is 0 Å². The van der Waals surface area contributed by atoms with Gasteiger partial charge in [-0.15, -0.1) is 0 Å². The molecule has 2 rings (SSSR count). The number of allylic oxidation sites excluding steroid dienone is 2. The van der Waals surface area contributed by atoms with Crippen LogP contribution >= 0.6 is 0 Å². The molecule has 0 aliphatic rings. The molecule has 0 radical (unpaired) electrons. The molecule has 0 aliphatic heterocycles. The standard InChI is InChI=1S/C19H24O/c1-12(2)6-9-16-14(5)7-8-15-10-17(13(3)4)19(20)11-18(15)16/h6-8,10-11,13,20H,9H2,1-5H3. The summed E-state index contributed by atoms with van der Waals surface area (Å²) in [5, 5.41) is 12.6. The van der Waals surface area contributed by atoms with E-state index in [1.165, 1.54) is 27.5 Å². The first kappa shape index (κ1) is 14.6. The molecule has 1 nitrogen and oxygen atoms in total. The third-order valence-corrected chi connectivity index (χ3v) is 3.85. The summed E-state index contributed by atoms with van der Waals surface area (Å²) in [6.07, 6.45) is 3.17. The van der Waals surface area contributed by atoms with Gasteiger partial charge in [-0.1, -0.05) is 37.6 Å². The Morgan fingerprint density at radius 1 is 1.20 bits per heavy atom. The highest BCUT2D eigenvalue weighted by molar-refractivity contribution is 5.89. The monoisotopic (exact) mass is 268 g/mol. The lowest BCUT2D eigenvalue weighted by Crippen LogP contribution is -1.94. The zero-order chi connectivity index (χ0) is 14.9. The second kappa shape index (κ2) is 5.70. The Balaban J connectivity index is 2.65. The zero-order valence-electron chi connectivity index (χ0n) is 13.1. The molecule has 0 amide bonds. The highest BCUT2D eigenvalue weighted by Crippen LogP contribution is 2.33. The van der Waals surface area contributed by atoms with Crippen molar-refractivity contribution in [3.8, 4) is 5.75 Å². The van der Waals surface area contributed by atoms with Crippen LogP contribution in [0.15, 0.2) is 35.9 Å². The fourth-order valence-electron chi connectivity index (χ4n) is 2.59. The summed E-state index contributed by atoms with van der Waals surface area (Å²) in [4.78, 5) is 0. The smallest absolute Gasteiger partial charge is 0.119 e. The summed E-state index contributed by atoms with van der Waals surface area (Å²) in [6.45, 7) is 10.6. The van der Waals surface area contributed by atoms with Crippen LogP contribution in [-0.2, 0) is 6.42 Å². The van der Waals surface area contributed by atoms with E-state index in [9.17, 15) is 5.11 Å². The van der Waals surface area contributed by atoms with Gasteiger partial charge in [-0.25, -0.2) is 0 Å². The SMILES string of the molecule is CC(C)=CCc1c(C)ccc2cc(C(C)C)c(O)cc12. The first-order valence-corrected chi connectivity index (χ1v) is 7.28. The Labute approximate surface area is 122 Å². The molecule has 0 atom stereocenters. The number of phenols is 1. The highest BCUT2D eigenvalue weighted by atomic mass is 16.3. The largest absolute Gasteiger partial charge is 0.508 e. The summed E-state index contributed by atoms with van der Waals surface area (Å²) in [5.74, 6) is 0.749. The summed E-state index contributed by atoms with van der Waals surface area (Å²) in [7, 11) is 0. The number of fused-ring (bicyclic) bond motifs is 1. The van der Waals surface area contributed by atoms with Gasteiger partial charge in [0, 0.05) is 0 Å². The molecule has 0 saturated heterocycles. The zero-order valence-corrected chi connectivity index (χ0v) is 13.1. The van der Waals surface area contributed by atoms with Crippen LogP contribution in [0, 0.1) is 6.92 Å². The Kier molecular flexibility index (Phi) is 4.17. The number of hydrogen-bond acceptors (Lipinski definition) is 1. The molecule has 0 aromatic heterocycles. The Bertz CT molecular complexity index is 659. The van der Waals surface area contributed by atoms with Crippen molar-refractivity contribution >= 4 is 10.8 Å². The molecular formula is C19H24O. The number of phenolic OH excluding ortho intramolecular Hbond substituents is 1. The topological polar surface area (TPSA) is 20.2 Å². The lowest BCUT2D eigenvalue weighted by atomic mass is 9.92. The van der Waals surface area contributed by atoms with Crippen molar-refractivity contribution in [2.45, 2.75) is 47.0 Å². The molecule has 0 spiro atoms. The van der Waals surface area contributed by atoms with Crippen LogP contribution in [0.3, 0.4) is 0 Å². The molecule has 1 N–H and O–H groups in total. The van der Waals surface area contributed by atoms with E-state index < -0.39 is 0 Å². The van der Waals surface area contributed by atoms with E-state index in [1.54, 1.807) is 0 Å². The fourth-order valence-corrected chi connectivity index (χ4v) is 2.59. The molecule has 0 heterocycles. The van der Waals surface area contributed by atoms with Gasteiger partial charge >= 0.3 is 0 Å². The highest BCUT2D eigenvalue weighted by Gasteiger charge is 2.11. The summed E-state index contributed by atoms with van der Waals surface area (Å²) >= 11 is 0. The maximum Gasteiger partial charge on any atom is 0.119 e. The van der Waals surface area contributed by atoms with Crippen LogP contribution in [0.1, 0.15) is 50.3 Å². The summed E-state index contributed by atoms with van der Waals surface area (Å²) < 4.78 is 0. The molecule has 20 heavy (non-hydrogen) atoms. The number of hydrogen-bond donors (Lipinski definition) is 1. The molecule has 106 valence electrons. The lowest BCUT2D eigenvalue weighted by Gasteiger charge is -2.14. The van der Waals surface area contributed by atoms with Gasteiger partial charge < -0.3 is 5.11 Å². The average Bonchev–Trinajstić information content (AvgIpc) is 2.36. The van der Waals surface area contributed by atoms with E-state index in [0.717, 1.165) is 12.0 Å². The number of aromatic hydroxyl groups is 1. The Morgan fingerprint density at radius 2 is 1.90 bits per heavy atom. The van der Waals surface area contributed by atoms with Crippen molar-refractivity contribution in [2.75, 3.05) is 0 Å². The van der Waals surface area contributed by atoms with Crippen molar-refractivity contribution in [1.82, 2.24) is 0 Å². The minimum Gasteiger partial charge on any atom is -0.508 e. The summed E-state index contributed by atoms with van der Waals surface area (Å²) in [6, 6.07) is 8.40. The van der Waals surface area contributed by atoms with E-state index in [-0.39, 0.29) is 0 Å². The van der Waals surface area contributed by atoms with Crippen molar-refractivity contribution < 1.29 is 5.11 Å². The Hall–Kier alpha value is -1.76. The minimum atomic E-state index is 0.335. The number of rotatable bonds is 3. The van der Waals surface area contributed by atoms with Gasteiger partial charge in [-0.3, -0.25) is 0 Å². The van der Waals surface area contributed by atoms with E-state index in [0.29, 0.717) is 11.7 Å². The van der Waals surface area contributed by atoms with Gasteiger partial charge in [-0.2, -0.15) is 0 Å². The maximum atomic E-state index is 10.3. The Morgan fingerprint density at radius 3 is 2.50 bits per heavy atom. The van der Waals surface area contributed by atoms with Crippen molar-refractivity contribution in [2.24, 2.45) is 0 Å². The van der Waals surface area contributed by atoms with E-state index in [2.05, 4.69) is 58.9 Å². The number of aryl methyl sites for hydroxylation is 1. The molecule has 2 aromatic rings. The molecule has 0 bridgehead atoms. The van der Waals surface area contributed by atoms with Gasteiger partial charge in [0.15, 0.2) is 0 Å². The fraction of sp³-hybridized carbons (Fsp3) is 0.368. The third-order valence-electron chi connectivity index (χ3n) is 3.85. The predicted octanol–water partition coefficient (Wildman–Crippen LogP) is 5.49. The van der Waals surface area contributed by atoms with E-state index in [1.807, 2.05) is 6.07 Å². The van der Waals surface area contributed by atoms with Gasteiger partial charge in [0.2, 0.25) is 0 Å². The van der Waals surface area contributed by atoms with Crippen molar-refractivity contribution in [1.29, 1.82) is 0 Å². The van der Waals surface area contributed by atoms with Crippen LogP contribution in [0.2, 0.25) is 0 Å². The van der Waals surface area contributed by atoms with E-state index in [4.69, 9.17) is 0 Å². The van der Waals surface area contributed by atoms with Gasteiger partial charge in [0.1, 0.15) is 5.75 Å².